The third-order valence-corrected chi connectivity index (χ3v) is 6.04. The van der Waals surface area contributed by atoms with Crippen LogP contribution in [-0.4, -0.2) is 68.3 Å². The van der Waals surface area contributed by atoms with Gasteiger partial charge < -0.3 is 35.0 Å². The summed E-state index contributed by atoms with van der Waals surface area (Å²) in [6.07, 6.45) is -4.96. The van der Waals surface area contributed by atoms with Gasteiger partial charge in [0, 0.05) is 5.56 Å². The molecule has 0 amide bonds. The molecular weight excluding hydrogens is 340 g/mol. The number of phenols is 1. The van der Waals surface area contributed by atoms with Gasteiger partial charge in [-0.15, -0.1) is 0 Å². The minimum absolute atomic E-state index is 0.265. The largest absolute Gasteiger partial charge is 0.507 e. The van der Waals surface area contributed by atoms with Crippen LogP contribution < -0.4 is 4.74 Å². The molecule has 0 radical (unpaired) electrons. The van der Waals surface area contributed by atoms with Crippen molar-refractivity contribution in [1.29, 1.82) is 0 Å². The number of ether oxygens (including phenoxy) is 2. The molecule has 1 unspecified atom stereocenters. The molecule has 7 heteroatoms. The molecule has 5 N–H and O–H groups in total. The smallest absolute Gasteiger partial charge is 0.135 e. The van der Waals surface area contributed by atoms with Crippen molar-refractivity contribution in [3.8, 4) is 11.5 Å². The first-order chi connectivity index (χ1) is 12.1. The SMILES string of the molecule is Cc1c(C)c2c(c(C)c1O)CCC(C)([C@H]1O[C@H](CO)[C@@H](O)[C@H](O)[C@H]1O)O2. The van der Waals surface area contributed by atoms with Crippen LogP contribution in [0.2, 0.25) is 0 Å². The van der Waals surface area contributed by atoms with Gasteiger partial charge in [-0.1, -0.05) is 0 Å². The molecule has 1 aromatic carbocycles. The van der Waals surface area contributed by atoms with E-state index in [4.69, 9.17) is 9.47 Å². The van der Waals surface area contributed by atoms with Crippen molar-refractivity contribution in [1.82, 2.24) is 0 Å². The summed E-state index contributed by atoms with van der Waals surface area (Å²) in [5.74, 6) is 0.921. The number of benzene rings is 1. The first-order valence-electron chi connectivity index (χ1n) is 8.93. The highest BCUT2D eigenvalue weighted by molar-refractivity contribution is 5.58. The number of aliphatic hydroxyl groups excluding tert-OH is 4. The minimum Gasteiger partial charge on any atom is -0.507 e. The molecule has 1 aromatic rings. The van der Waals surface area contributed by atoms with Crippen LogP contribution in [0.15, 0.2) is 0 Å². The number of aromatic hydroxyl groups is 1. The van der Waals surface area contributed by atoms with Crippen molar-refractivity contribution in [3.05, 3.63) is 22.3 Å². The molecule has 0 bridgehead atoms. The Morgan fingerprint density at radius 3 is 2.27 bits per heavy atom. The van der Waals surface area contributed by atoms with E-state index in [9.17, 15) is 25.5 Å². The Bertz CT molecular complexity index is 702. The maximum Gasteiger partial charge on any atom is 0.135 e. The van der Waals surface area contributed by atoms with E-state index in [2.05, 4.69) is 0 Å². The molecule has 2 aliphatic heterocycles. The van der Waals surface area contributed by atoms with E-state index in [1.54, 1.807) is 6.92 Å². The quantitative estimate of drug-likeness (QED) is 0.507. The lowest BCUT2D eigenvalue weighted by molar-refractivity contribution is -0.264. The van der Waals surface area contributed by atoms with Gasteiger partial charge in [-0.05, 0) is 57.2 Å². The summed E-state index contributed by atoms with van der Waals surface area (Å²) in [7, 11) is 0. The Hall–Kier alpha value is -1.38. The molecular formula is C19H28O7. The third-order valence-electron chi connectivity index (χ3n) is 6.04. The Morgan fingerprint density at radius 1 is 1.00 bits per heavy atom. The summed E-state index contributed by atoms with van der Waals surface area (Å²) in [6.45, 7) is 6.85. The van der Waals surface area contributed by atoms with Gasteiger partial charge in [0.2, 0.25) is 0 Å². The van der Waals surface area contributed by atoms with Crippen LogP contribution in [0, 0.1) is 20.8 Å². The standard InChI is InChI=1S/C19H28O7/c1-8-9(2)17-11(10(3)13(8)21)5-6-19(4,26-17)18-16(24)15(23)14(22)12(7-20)25-18/h12,14-16,18,20-24H,5-7H2,1-4H3/t12-,14-,15+,16-,18+,19?/m1/s1. The monoisotopic (exact) mass is 368 g/mol. The third kappa shape index (κ3) is 2.78. The molecule has 146 valence electrons. The van der Waals surface area contributed by atoms with E-state index in [1.807, 2.05) is 20.8 Å². The van der Waals surface area contributed by atoms with Gasteiger partial charge in [0.1, 0.15) is 47.6 Å². The molecule has 3 rings (SSSR count). The van der Waals surface area contributed by atoms with Crippen LogP contribution in [0.4, 0.5) is 0 Å². The van der Waals surface area contributed by atoms with Gasteiger partial charge in [-0.25, -0.2) is 0 Å². The van der Waals surface area contributed by atoms with Crippen LogP contribution in [0.25, 0.3) is 0 Å². The zero-order chi connectivity index (χ0) is 19.4. The number of hydrogen-bond donors (Lipinski definition) is 5. The predicted octanol–water partition coefficient (Wildman–Crippen LogP) is 0.244. The van der Waals surface area contributed by atoms with Crippen LogP contribution in [0.5, 0.6) is 11.5 Å². The predicted molar refractivity (Wildman–Crippen MR) is 93.4 cm³/mol. The minimum atomic E-state index is -1.43. The van der Waals surface area contributed by atoms with E-state index in [0.29, 0.717) is 18.6 Å². The molecule has 0 aromatic heterocycles. The van der Waals surface area contributed by atoms with E-state index < -0.39 is 42.7 Å². The lowest BCUT2D eigenvalue weighted by atomic mass is 9.79. The van der Waals surface area contributed by atoms with Gasteiger partial charge in [0.05, 0.1) is 6.61 Å². The number of hydrogen-bond acceptors (Lipinski definition) is 7. The summed E-state index contributed by atoms with van der Waals surface area (Å²) >= 11 is 0. The zero-order valence-electron chi connectivity index (χ0n) is 15.6. The fourth-order valence-electron chi connectivity index (χ4n) is 4.07. The maximum absolute atomic E-state index is 10.5. The zero-order valence-corrected chi connectivity index (χ0v) is 15.6. The lowest BCUT2D eigenvalue weighted by Crippen LogP contribution is -2.66. The van der Waals surface area contributed by atoms with Gasteiger partial charge in [-0.3, -0.25) is 0 Å². The van der Waals surface area contributed by atoms with Crippen LogP contribution >= 0.6 is 0 Å². The molecule has 0 saturated carbocycles. The molecule has 1 fully saturated rings. The van der Waals surface area contributed by atoms with Crippen molar-refractivity contribution < 1.29 is 35.0 Å². The van der Waals surface area contributed by atoms with Crippen LogP contribution in [0.3, 0.4) is 0 Å². The highest BCUT2D eigenvalue weighted by Gasteiger charge is 2.53. The van der Waals surface area contributed by atoms with E-state index in [0.717, 1.165) is 22.3 Å². The second kappa shape index (κ2) is 6.65. The molecule has 1 saturated heterocycles. The Balaban J connectivity index is 1.98. The number of phenolic OH excluding ortho intramolecular Hbond substituents is 1. The highest BCUT2D eigenvalue weighted by atomic mass is 16.6. The second-order valence-electron chi connectivity index (χ2n) is 7.70. The van der Waals surface area contributed by atoms with Gasteiger partial charge in [0.25, 0.3) is 0 Å². The summed E-state index contributed by atoms with van der Waals surface area (Å²) in [5.41, 5.74) is 2.30. The molecule has 2 aliphatic rings. The summed E-state index contributed by atoms with van der Waals surface area (Å²) < 4.78 is 12.0. The first-order valence-corrected chi connectivity index (χ1v) is 8.93. The van der Waals surface area contributed by atoms with E-state index >= 15 is 0 Å². The number of aliphatic hydroxyl groups is 4. The Morgan fingerprint density at radius 2 is 1.65 bits per heavy atom. The van der Waals surface area contributed by atoms with Crippen LogP contribution in [0.1, 0.15) is 35.6 Å². The fourth-order valence-corrected chi connectivity index (χ4v) is 4.07. The lowest BCUT2D eigenvalue weighted by Gasteiger charge is -2.49. The van der Waals surface area contributed by atoms with Gasteiger partial charge in [-0.2, -0.15) is 0 Å². The van der Waals surface area contributed by atoms with Gasteiger partial charge in [0.15, 0.2) is 0 Å². The van der Waals surface area contributed by atoms with Crippen LogP contribution in [-0.2, 0) is 11.2 Å². The second-order valence-corrected chi connectivity index (χ2v) is 7.70. The maximum atomic E-state index is 10.5. The summed E-state index contributed by atoms with van der Waals surface area (Å²) in [6, 6.07) is 0. The molecule has 0 aliphatic carbocycles. The van der Waals surface area contributed by atoms with E-state index in [1.165, 1.54) is 0 Å². The van der Waals surface area contributed by atoms with Crippen molar-refractivity contribution >= 4 is 0 Å². The summed E-state index contributed by atoms with van der Waals surface area (Å²) in [5, 5.41) is 50.3. The average molecular weight is 368 g/mol. The molecule has 2 heterocycles. The Labute approximate surface area is 152 Å². The summed E-state index contributed by atoms with van der Waals surface area (Å²) in [4.78, 5) is 0. The molecule has 6 atom stereocenters. The van der Waals surface area contributed by atoms with Crippen molar-refractivity contribution in [2.45, 2.75) is 76.7 Å². The molecule has 7 nitrogen and oxygen atoms in total. The molecule has 0 spiro atoms. The number of rotatable bonds is 2. The fraction of sp³-hybridized carbons (Fsp3) is 0.684. The van der Waals surface area contributed by atoms with E-state index in [-0.39, 0.29) is 5.75 Å². The van der Waals surface area contributed by atoms with Crippen molar-refractivity contribution in [2.24, 2.45) is 0 Å². The van der Waals surface area contributed by atoms with Crippen molar-refractivity contribution in [3.63, 3.8) is 0 Å². The highest BCUT2D eigenvalue weighted by Crippen LogP contribution is 2.45. The first kappa shape index (κ1) is 19.4. The average Bonchev–Trinajstić information content (AvgIpc) is 2.62. The topological polar surface area (TPSA) is 120 Å². The van der Waals surface area contributed by atoms with Gasteiger partial charge >= 0.3 is 0 Å². The number of fused-ring (bicyclic) bond motifs is 1. The Kier molecular flexibility index (Phi) is 4.96. The van der Waals surface area contributed by atoms with Crippen molar-refractivity contribution in [2.75, 3.05) is 6.61 Å². The molecule has 26 heavy (non-hydrogen) atoms. The normalized spacial score (nSPS) is 37.2.